The van der Waals surface area contributed by atoms with Crippen molar-refractivity contribution in [3.8, 4) is 0 Å². The minimum Gasteiger partial charge on any atom is -0.293 e. The Balaban J connectivity index is 2.28. The van der Waals surface area contributed by atoms with Crippen molar-refractivity contribution in [2.45, 2.75) is 20.3 Å². The van der Waals surface area contributed by atoms with E-state index in [0.717, 1.165) is 26.3 Å². The molecule has 17 heavy (non-hydrogen) atoms. The van der Waals surface area contributed by atoms with Gasteiger partial charge in [-0.3, -0.25) is 9.48 Å². The summed E-state index contributed by atoms with van der Waals surface area (Å²) >= 11 is 4.86. The predicted octanol–water partition coefficient (Wildman–Crippen LogP) is 3.29. The van der Waals surface area contributed by atoms with Crippen LogP contribution in [-0.4, -0.2) is 15.6 Å². The number of Topliss-reactive ketones (excluding diaryl/α,β-unsaturated/α-hetero) is 1. The lowest BCUT2D eigenvalue weighted by atomic mass is 10.1. The van der Waals surface area contributed by atoms with E-state index in [2.05, 4.69) is 21.0 Å². The molecule has 0 saturated carbocycles. The van der Waals surface area contributed by atoms with Crippen LogP contribution < -0.4 is 0 Å². The van der Waals surface area contributed by atoms with E-state index in [0.29, 0.717) is 6.42 Å². The largest absolute Gasteiger partial charge is 0.293 e. The quantitative estimate of drug-likeness (QED) is 0.815. The first-order chi connectivity index (χ1) is 8.00. The number of aromatic nitrogens is 2. The fraction of sp³-hybridized carbons (Fsp3) is 0.333. The maximum absolute atomic E-state index is 12.2. The van der Waals surface area contributed by atoms with Gasteiger partial charge in [0.05, 0.1) is 10.6 Å². The number of hydrogen-bond acceptors (Lipinski definition) is 3. The van der Waals surface area contributed by atoms with Crippen molar-refractivity contribution in [1.82, 2.24) is 9.78 Å². The zero-order valence-electron chi connectivity index (χ0n) is 9.95. The minimum atomic E-state index is 0.145. The number of carbonyl (C=O) groups excluding carboxylic acids is 1. The number of nitrogens with zero attached hydrogens (tertiary/aromatic N) is 2. The number of thiophene rings is 1. The Bertz CT molecular complexity index is 571. The highest BCUT2D eigenvalue weighted by Gasteiger charge is 2.17. The highest BCUT2D eigenvalue weighted by Crippen LogP contribution is 2.25. The van der Waals surface area contributed by atoms with E-state index in [1.807, 2.05) is 37.0 Å². The summed E-state index contributed by atoms with van der Waals surface area (Å²) in [7, 11) is 1.90. The molecule has 0 N–H and O–H groups in total. The van der Waals surface area contributed by atoms with E-state index in [9.17, 15) is 4.79 Å². The molecule has 3 nitrogen and oxygen atoms in total. The van der Waals surface area contributed by atoms with Crippen LogP contribution in [0.4, 0.5) is 0 Å². The molecule has 0 radical (unpaired) electrons. The molecule has 0 aliphatic carbocycles. The van der Waals surface area contributed by atoms with Crippen molar-refractivity contribution in [3.63, 3.8) is 0 Å². The molecule has 0 aromatic carbocycles. The Hall–Kier alpha value is -0.940. The predicted molar refractivity (Wildman–Crippen MR) is 72.7 cm³/mol. The Morgan fingerprint density at radius 3 is 2.71 bits per heavy atom. The number of halogens is 1. The number of carbonyl (C=O) groups is 1. The first kappa shape index (κ1) is 12.5. The smallest absolute Gasteiger partial charge is 0.178 e. The summed E-state index contributed by atoms with van der Waals surface area (Å²) in [6, 6.07) is 1.90. The van der Waals surface area contributed by atoms with Gasteiger partial charge in [0, 0.05) is 29.2 Å². The number of hydrogen-bond donors (Lipinski definition) is 0. The highest BCUT2D eigenvalue weighted by molar-refractivity contribution is 9.10. The van der Waals surface area contributed by atoms with Gasteiger partial charge in [0.1, 0.15) is 0 Å². The second-order valence-electron chi connectivity index (χ2n) is 3.97. The molecule has 90 valence electrons. The monoisotopic (exact) mass is 312 g/mol. The summed E-state index contributed by atoms with van der Waals surface area (Å²) in [4.78, 5) is 12.9. The SMILES string of the molecule is Cc1nn(C)c(C)c1CC(=O)c1sccc1Br. The lowest BCUT2D eigenvalue weighted by Crippen LogP contribution is -2.04. The molecule has 0 aliphatic heterocycles. The average molecular weight is 313 g/mol. The van der Waals surface area contributed by atoms with Crippen molar-refractivity contribution in [2.24, 2.45) is 7.05 Å². The number of ketones is 1. The van der Waals surface area contributed by atoms with Crippen LogP contribution in [0.15, 0.2) is 15.9 Å². The third kappa shape index (κ3) is 2.35. The molecule has 0 amide bonds. The molecule has 0 aliphatic rings. The van der Waals surface area contributed by atoms with Crippen LogP contribution in [0, 0.1) is 13.8 Å². The molecule has 0 atom stereocenters. The zero-order chi connectivity index (χ0) is 12.6. The molecular formula is C12H13BrN2OS. The summed E-state index contributed by atoms with van der Waals surface area (Å²) in [5.41, 5.74) is 3.03. The van der Waals surface area contributed by atoms with Crippen molar-refractivity contribution in [3.05, 3.63) is 37.7 Å². The summed E-state index contributed by atoms with van der Waals surface area (Å²) in [6.07, 6.45) is 0.421. The maximum atomic E-state index is 12.2. The Morgan fingerprint density at radius 2 is 2.24 bits per heavy atom. The summed E-state index contributed by atoms with van der Waals surface area (Å²) in [5.74, 6) is 0.145. The lowest BCUT2D eigenvalue weighted by Gasteiger charge is -2.01. The maximum Gasteiger partial charge on any atom is 0.178 e. The second-order valence-corrected chi connectivity index (χ2v) is 5.74. The van der Waals surface area contributed by atoms with Crippen LogP contribution in [0.25, 0.3) is 0 Å². The number of aryl methyl sites for hydroxylation is 2. The Morgan fingerprint density at radius 1 is 1.53 bits per heavy atom. The van der Waals surface area contributed by atoms with Gasteiger partial charge in [0.2, 0.25) is 0 Å². The molecule has 0 fully saturated rings. The van der Waals surface area contributed by atoms with E-state index in [1.165, 1.54) is 11.3 Å². The fourth-order valence-corrected chi connectivity index (χ4v) is 3.34. The van der Waals surface area contributed by atoms with E-state index in [4.69, 9.17) is 0 Å². The van der Waals surface area contributed by atoms with Gasteiger partial charge in [-0.25, -0.2) is 0 Å². The molecule has 2 rings (SSSR count). The van der Waals surface area contributed by atoms with Gasteiger partial charge < -0.3 is 0 Å². The molecular weight excluding hydrogens is 300 g/mol. The van der Waals surface area contributed by atoms with E-state index >= 15 is 0 Å². The molecule has 0 bridgehead atoms. The molecule has 2 heterocycles. The zero-order valence-corrected chi connectivity index (χ0v) is 12.4. The van der Waals surface area contributed by atoms with Crippen LogP contribution in [0.5, 0.6) is 0 Å². The molecule has 2 aromatic heterocycles. The van der Waals surface area contributed by atoms with Gasteiger partial charge in [-0.05, 0) is 41.2 Å². The van der Waals surface area contributed by atoms with Gasteiger partial charge >= 0.3 is 0 Å². The molecule has 0 unspecified atom stereocenters. The number of rotatable bonds is 3. The molecule has 2 aromatic rings. The van der Waals surface area contributed by atoms with E-state index in [1.54, 1.807) is 0 Å². The summed E-state index contributed by atoms with van der Waals surface area (Å²) in [6.45, 7) is 3.94. The Kier molecular flexibility index (Phi) is 3.49. The van der Waals surface area contributed by atoms with Gasteiger partial charge in [0.15, 0.2) is 5.78 Å². The van der Waals surface area contributed by atoms with Gasteiger partial charge in [-0.15, -0.1) is 11.3 Å². The van der Waals surface area contributed by atoms with Crippen LogP contribution in [0.1, 0.15) is 26.6 Å². The van der Waals surface area contributed by atoms with Crippen molar-refractivity contribution in [1.29, 1.82) is 0 Å². The summed E-state index contributed by atoms with van der Waals surface area (Å²) < 4.78 is 2.70. The lowest BCUT2D eigenvalue weighted by molar-refractivity contribution is 0.0995. The third-order valence-electron chi connectivity index (χ3n) is 2.87. The molecule has 5 heteroatoms. The van der Waals surface area contributed by atoms with Crippen LogP contribution in [-0.2, 0) is 13.5 Å². The standard InChI is InChI=1S/C12H13BrN2OS/c1-7-9(8(2)15(3)14-7)6-11(16)12-10(13)4-5-17-12/h4-5H,6H2,1-3H3. The van der Waals surface area contributed by atoms with Gasteiger partial charge in [-0.2, -0.15) is 5.10 Å². The highest BCUT2D eigenvalue weighted by atomic mass is 79.9. The average Bonchev–Trinajstić information content (AvgIpc) is 2.78. The second kappa shape index (κ2) is 4.74. The minimum absolute atomic E-state index is 0.145. The Labute approximate surface area is 113 Å². The third-order valence-corrected chi connectivity index (χ3v) is 4.75. The normalized spacial score (nSPS) is 10.8. The van der Waals surface area contributed by atoms with Crippen molar-refractivity contribution in [2.75, 3.05) is 0 Å². The van der Waals surface area contributed by atoms with Crippen LogP contribution >= 0.6 is 27.3 Å². The first-order valence-electron chi connectivity index (χ1n) is 5.26. The topological polar surface area (TPSA) is 34.9 Å². The van der Waals surface area contributed by atoms with Crippen LogP contribution in [0.3, 0.4) is 0 Å². The van der Waals surface area contributed by atoms with Crippen molar-refractivity contribution < 1.29 is 4.79 Å². The fourth-order valence-electron chi connectivity index (χ4n) is 1.81. The summed E-state index contributed by atoms with van der Waals surface area (Å²) in [5, 5.41) is 6.24. The molecule has 0 spiro atoms. The van der Waals surface area contributed by atoms with E-state index in [-0.39, 0.29) is 5.78 Å². The molecule has 0 saturated heterocycles. The van der Waals surface area contributed by atoms with Crippen molar-refractivity contribution >= 4 is 33.0 Å². The van der Waals surface area contributed by atoms with Gasteiger partial charge in [-0.1, -0.05) is 0 Å². The first-order valence-corrected chi connectivity index (χ1v) is 6.93. The van der Waals surface area contributed by atoms with Gasteiger partial charge in [0.25, 0.3) is 0 Å². The van der Waals surface area contributed by atoms with Crippen LogP contribution in [0.2, 0.25) is 0 Å². The van der Waals surface area contributed by atoms with E-state index < -0.39 is 0 Å².